The van der Waals surface area contributed by atoms with E-state index in [9.17, 15) is 0 Å². The van der Waals surface area contributed by atoms with Crippen LogP contribution in [0.25, 0.3) is 6.08 Å². The monoisotopic (exact) mass is 305 g/mol. The number of carbonyl (C=O) groups excluding carboxylic acids is 1. The van der Waals surface area contributed by atoms with E-state index in [1.807, 2.05) is 90.8 Å². The van der Waals surface area contributed by atoms with Crippen LogP contribution < -0.4 is 4.74 Å². The van der Waals surface area contributed by atoms with Crippen LogP contribution in [-0.2, 0) is 4.79 Å². The fourth-order valence-corrected chi connectivity index (χ4v) is 1.26. The summed E-state index contributed by atoms with van der Waals surface area (Å²) in [5.74, 6) is 1.57. The van der Waals surface area contributed by atoms with Crippen molar-refractivity contribution in [2.45, 2.75) is 41.5 Å². The Morgan fingerprint density at radius 3 is 1.91 bits per heavy atom. The summed E-state index contributed by atoms with van der Waals surface area (Å²) in [4.78, 5) is 11.9. The standard InChI is InChI=1S/C14H17NO.2C2H6.CH2O/c1-4-6-12-7-9-14(10-8-12)16-13(5-2)11-15-3;3*1-2/h4-11H,1-3H3;2*1-2H3;1H2/b6-4+,13-5+,15-11?;;;. The quantitative estimate of drug-likeness (QED) is 0.538. The van der Waals surface area contributed by atoms with Gasteiger partial charge >= 0.3 is 0 Å². The summed E-state index contributed by atoms with van der Waals surface area (Å²) in [6.07, 6.45) is 7.64. The van der Waals surface area contributed by atoms with E-state index in [1.165, 1.54) is 5.56 Å². The molecule has 1 aromatic carbocycles. The molecule has 0 saturated carbocycles. The van der Waals surface area contributed by atoms with Gasteiger partial charge in [0, 0.05) is 7.05 Å². The molecule has 0 fully saturated rings. The molecule has 0 spiro atoms. The molecule has 124 valence electrons. The number of carbonyl (C=O) groups is 1. The summed E-state index contributed by atoms with van der Waals surface area (Å²) in [6, 6.07) is 7.93. The zero-order valence-corrected chi connectivity index (χ0v) is 15.1. The van der Waals surface area contributed by atoms with Gasteiger partial charge in [-0.25, -0.2) is 0 Å². The molecular weight excluding hydrogens is 274 g/mol. The third kappa shape index (κ3) is 12.9. The van der Waals surface area contributed by atoms with Crippen molar-refractivity contribution in [3.05, 3.63) is 47.7 Å². The van der Waals surface area contributed by atoms with Crippen molar-refractivity contribution in [1.82, 2.24) is 0 Å². The molecule has 0 aromatic heterocycles. The number of hydrogen-bond acceptors (Lipinski definition) is 3. The average molecular weight is 305 g/mol. The van der Waals surface area contributed by atoms with E-state index >= 15 is 0 Å². The summed E-state index contributed by atoms with van der Waals surface area (Å²) in [7, 11) is 1.72. The highest BCUT2D eigenvalue weighted by molar-refractivity contribution is 5.76. The minimum atomic E-state index is 0.751. The van der Waals surface area contributed by atoms with Crippen LogP contribution in [0.3, 0.4) is 0 Å². The third-order valence-electron chi connectivity index (χ3n) is 2.02. The number of benzene rings is 1. The fourth-order valence-electron chi connectivity index (χ4n) is 1.26. The van der Waals surface area contributed by atoms with Crippen LogP contribution in [0.4, 0.5) is 0 Å². The van der Waals surface area contributed by atoms with Gasteiger partial charge in [-0.05, 0) is 37.6 Å². The summed E-state index contributed by atoms with van der Waals surface area (Å²) in [5.41, 5.74) is 1.17. The number of ether oxygens (including phenoxy) is 1. The molecule has 0 aliphatic rings. The Labute approximate surface area is 136 Å². The van der Waals surface area contributed by atoms with Gasteiger partial charge in [0.1, 0.15) is 18.3 Å². The fraction of sp³-hybridized carbons (Fsp3) is 0.368. The number of rotatable bonds is 4. The molecule has 3 heteroatoms. The van der Waals surface area contributed by atoms with Crippen LogP contribution in [0.2, 0.25) is 0 Å². The van der Waals surface area contributed by atoms with Crippen molar-refractivity contribution in [3.63, 3.8) is 0 Å². The normalized spacial score (nSPS) is 9.86. The molecule has 0 atom stereocenters. The van der Waals surface area contributed by atoms with Gasteiger partial charge in [0.2, 0.25) is 0 Å². The smallest absolute Gasteiger partial charge is 0.140 e. The first-order valence-electron chi connectivity index (χ1n) is 7.58. The lowest BCUT2D eigenvalue weighted by Gasteiger charge is -2.05. The molecule has 0 unspecified atom stereocenters. The topological polar surface area (TPSA) is 38.7 Å². The lowest BCUT2D eigenvalue weighted by molar-refractivity contribution is -0.0979. The molecule has 1 rings (SSSR count). The van der Waals surface area contributed by atoms with Crippen LogP contribution in [0.5, 0.6) is 5.75 Å². The molecule has 0 N–H and O–H groups in total. The van der Waals surface area contributed by atoms with Crippen molar-refractivity contribution in [3.8, 4) is 5.75 Å². The predicted octanol–water partition coefficient (Wildman–Crippen LogP) is 5.57. The second-order valence-corrected chi connectivity index (χ2v) is 3.25. The number of nitrogens with zero attached hydrogens (tertiary/aromatic N) is 1. The summed E-state index contributed by atoms with van der Waals surface area (Å²) < 4.78 is 5.62. The van der Waals surface area contributed by atoms with Gasteiger partial charge in [-0.3, -0.25) is 4.99 Å². The average Bonchev–Trinajstić information content (AvgIpc) is 2.61. The first kappa shape index (κ1) is 24.8. The zero-order chi connectivity index (χ0) is 17.8. The van der Waals surface area contributed by atoms with Crippen LogP contribution in [0, 0.1) is 0 Å². The minimum absolute atomic E-state index is 0.751. The molecule has 0 aliphatic heterocycles. The number of allylic oxidation sites excluding steroid dienone is 3. The van der Waals surface area contributed by atoms with Gasteiger partial charge < -0.3 is 9.53 Å². The van der Waals surface area contributed by atoms with E-state index in [0.29, 0.717) is 0 Å². The van der Waals surface area contributed by atoms with Crippen molar-refractivity contribution < 1.29 is 9.53 Å². The lowest BCUT2D eigenvalue weighted by Crippen LogP contribution is -1.96. The maximum atomic E-state index is 8.00. The van der Waals surface area contributed by atoms with Gasteiger partial charge in [0.05, 0.1) is 6.21 Å². The van der Waals surface area contributed by atoms with Crippen LogP contribution in [-0.4, -0.2) is 20.1 Å². The second kappa shape index (κ2) is 21.1. The summed E-state index contributed by atoms with van der Waals surface area (Å²) >= 11 is 0. The molecule has 0 amide bonds. The van der Waals surface area contributed by atoms with Crippen molar-refractivity contribution in [2.24, 2.45) is 4.99 Å². The zero-order valence-electron chi connectivity index (χ0n) is 15.1. The minimum Gasteiger partial charge on any atom is -0.456 e. The Balaban J connectivity index is -0.000000535. The predicted molar refractivity (Wildman–Crippen MR) is 99.8 cm³/mol. The van der Waals surface area contributed by atoms with Crippen LogP contribution >= 0.6 is 0 Å². The molecule has 0 bridgehead atoms. The maximum Gasteiger partial charge on any atom is 0.140 e. The Bertz CT molecular complexity index is 418. The molecule has 22 heavy (non-hydrogen) atoms. The van der Waals surface area contributed by atoms with E-state index in [-0.39, 0.29) is 0 Å². The van der Waals surface area contributed by atoms with E-state index in [2.05, 4.69) is 4.99 Å². The van der Waals surface area contributed by atoms with Gasteiger partial charge in [0.15, 0.2) is 0 Å². The van der Waals surface area contributed by atoms with Crippen LogP contribution in [0.15, 0.2) is 47.2 Å². The molecule has 1 aromatic rings. The third-order valence-corrected chi connectivity index (χ3v) is 2.02. The SMILES string of the molecule is C/C=C/c1ccc(O/C(C=NC)=C/C)cc1.C=O.CC.CC. The summed E-state index contributed by atoms with van der Waals surface area (Å²) in [6.45, 7) is 13.9. The van der Waals surface area contributed by atoms with Gasteiger partial charge in [-0.1, -0.05) is 52.0 Å². The van der Waals surface area contributed by atoms with E-state index in [0.717, 1.165) is 11.5 Å². The highest BCUT2D eigenvalue weighted by Crippen LogP contribution is 2.15. The Morgan fingerprint density at radius 2 is 1.55 bits per heavy atom. The molecule has 3 nitrogen and oxygen atoms in total. The highest BCUT2D eigenvalue weighted by Gasteiger charge is 1.96. The first-order valence-corrected chi connectivity index (χ1v) is 7.58. The summed E-state index contributed by atoms with van der Waals surface area (Å²) in [5, 5.41) is 0. The first-order chi connectivity index (χ1) is 10.8. The molecule has 0 radical (unpaired) electrons. The lowest BCUT2D eigenvalue weighted by atomic mass is 10.2. The van der Waals surface area contributed by atoms with Gasteiger partial charge in [0.25, 0.3) is 0 Å². The van der Waals surface area contributed by atoms with Gasteiger partial charge in [-0.2, -0.15) is 0 Å². The van der Waals surface area contributed by atoms with E-state index in [1.54, 1.807) is 13.3 Å². The Kier molecular flexibility index (Phi) is 23.9. The van der Waals surface area contributed by atoms with Crippen LogP contribution in [0.1, 0.15) is 47.1 Å². The highest BCUT2D eigenvalue weighted by atomic mass is 16.5. The Morgan fingerprint density at radius 1 is 1.05 bits per heavy atom. The largest absolute Gasteiger partial charge is 0.456 e. The molecule has 0 aliphatic carbocycles. The second-order valence-electron chi connectivity index (χ2n) is 3.25. The van der Waals surface area contributed by atoms with Crippen molar-refractivity contribution in [1.29, 1.82) is 0 Å². The van der Waals surface area contributed by atoms with E-state index < -0.39 is 0 Å². The molecule has 0 saturated heterocycles. The van der Waals surface area contributed by atoms with E-state index in [4.69, 9.17) is 9.53 Å². The Hall–Kier alpha value is -2.16. The maximum absolute atomic E-state index is 8.00. The molecule has 0 heterocycles. The van der Waals surface area contributed by atoms with Gasteiger partial charge in [-0.15, -0.1) is 0 Å². The van der Waals surface area contributed by atoms with Crippen molar-refractivity contribution >= 4 is 19.1 Å². The number of aliphatic imine (C=N–C) groups is 1. The van der Waals surface area contributed by atoms with Crippen molar-refractivity contribution in [2.75, 3.05) is 7.05 Å². The molecular formula is C19H31NO2. The number of hydrogen-bond donors (Lipinski definition) is 0.